The second-order valence-electron chi connectivity index (χ2n) is 8.01. The van der Waals surface area contributed by atoms with Gasteiger partial charge in [0, 0.05) is 51.7 Å². The lowest BCUT2D eigenvalue weighted by Gasteiger charge is -2.36. The van der Waals surface area contributed by atoms with Crippen molar-refractivity contribution in [2.24, 2.45) is 10.7 Å². The van der Waals surface area contributed by atoms with Crippen LogP contribution in [0.15, 0.2) is 47.7 Å². The number of nitrogens with zero attached hydrogens (tertiary/aromatic N) is 6. The summed E-state index contributed by atoms with van der Waals surface area (Å²) < 4.78 is 44.4. The van der Waals surface area contributed by atoms with E-state index in [4.69, 9.17) is 10.5 Å². The molecule has 4 rings (SSSR count). The molecule has 8 nitrogen and oxygen atoms in total. The van der Waals surface area contributed by atoms with Gasteiger partial charge in [0.15, 0.2) is 5.96 Å². The van der Waals surface area contributed by atoms with E-state index in [1.54, 1.807) is 18.5 Å². The highest BCUT2D eigenvalue weighted by atomic mass is 79.9. The molecule has 2 aliphatic heterocycles. The lowest BCUT2D eigenvalue weighted by Crippen LogP contribution is -2.51. The summed E-state index contributed by atoms with van der Waals surface area (Å²) in [4.78, 5) is 19.5. The third kappa shape index (κ3) is 6.57. The second-order valence-corrected chi connectivity index (χ2v) is 8.01. The molecule has 0 saturated carbocycles. The summed E-state index contributed by atoms with van der Waals surface area (Å²) in [6, 6.07) is 6.93. The van der Waals surface area contributed by atoms with Gasteiger partial charge in [-0.3, -0.25) is 9.89 Å². The molecule has 1 aromatic heterocycles. The smallest absolute Gasteiger partial charge is 0.379 e. The van der Waals surface area contributed by atoms with Crippen LogP contribution in [0, 0.1) is 0 Å². The first-order valence-corrected chi connectivity index (χ1v) is 11.0. The molecule has 0 spiro atoms. The Morgan fingerprint density at radius 2 is 1.62 bits per heavy atom. The van der Waals surface area contributed by atoms with Crippen LogP contribution in [0.1, 0.15) is 17.2 Å². The van der Waals surface area contributed by atoms with Crippen LogP contribution in [0.5, 0.6) is 0 Å². The van der Waals surface area contributed by atoms with Crippen LogP contribution in [0.2, 0.25) is 0 Å². The summed E-state index contributed by atoms with van der Waals surface area (Å²) in [5.41, 5.74) is 6.43. The summed E-state index contributed by atoms with van der Waals surface area (Å²) in [5, 5.41) is 0. The number of alkyl halides is 3. The minimum Gasteiger partial charge on any atom is -0.379 e. The predicted octanol–water partition coefficient (Wildman–Crippen LogP) is 2.58. The number of rotatable bonds is 5. The van der Waals surface area contributed by atoms with Crippen LogP contribution in [0.4, 0.5) is 19.1 Å². The van der Waals surface area contributed by atoms with Crippen molar-refractivity contribution in [3.05, 3.63) is 53.9 Å². The van der Waals surface area contributed by atoms with Crippen LogP contribution < -0.4 is 10.6 Å². The molecule has 12 heteroatoms. The molecule has 0 radical (unpaired) electrons. The topological polar surface area (TPSA) is 83.1 Å². The van der Waals surface area contributed by atoms with Gasteiger partial charge in [0.1, 0.15) is 0 Å². The predicted molar refractivity (Wildman–Crippen MR) is 129 cm³/mol. The summed E-state index contributed by atoms with van der Waals surface area (Å²) in [6.07, 6.45) is -0.919. The van der Waals surface area contributed by atoms with Crippen molar-refractivity contribution in [3.63, 3.8) is 0 Å². The summed E-state index contributed by atoms with van der Waals surface area (Å²) in [7, 11) is 0. The van der Waals surface area contributed by atoms with Crippen molar-refractivity contribution >= 4 is 28.9 Å². The number of anilines is 1. The van der Waals surface area contributed by atoms with Crippen molar-refractivity contribution < 1.29 is 17.9 Å². The van der Waals surface area contributed by atoms with Gasteiger partial charge < -0.3 is 20.3 Å². The Morgan fingerprint density at radius 3 is 2.21 bits per heavy atom. The zero-order chi connectivity index (χ0) is 23.3. The van der Waals surface area contributed by atoms with Crippen molar-refractivity contribution in [1.82, 2.24) is 19.8 Å². The number of aromatic nitrogens is 2. The molecular formula is C22H29BrF3N7O. The SMILES string of the molecule is Br.NC(=NCC(c1ccc(C(F)(F)F)cc1)N1CCOCC1)N1CCN(c2ncccn2)CC1. The van der Waals surface area contributed by atoms with E-state index in [1.807, 2.05) is 4.90 Å². The van der Waals surface area contributed by atoms with Gasteiger partial charge in [-0.05, 0) is 23.8 Å². The molecular weight excluding hydrogens is 515 g/mol. The van der Waals surface area contributed by atoms with E-state index in [0.29, 0.717) is 57.8 Å². The first-order valence-electron chi connectivity index (χ1n) is 11.0. The summed E-state index contributed by atoms with van der Waals surface area (Å²) in [5.74, 6) is 1.14. The fraction of sp³-hybridized carbons (Fsp3) is 0.500. The third-order valence-electron chi connectivity index (χ3n) is 5.97. The van der Waals surface area contributed by atoms with Crippen molar-refractivity contribution in [1.29, 1.82) is 0 Å². The van der Waals surface area contributed by atoms with Crippen molar-refractivity contribution in [2.45, 2.75) is 12.2 Å². The number of guanidine groups is 1. The van der Waals surface area contributed by atoms with Gasteiger partial charge in [-0.2, -0.15) is 13.2 Å². The lowest BCUT2D eigenvalue weighted by atomic mass is 10.0. The Bertz CT molecular complexity index is 916. The lowest BCUT2D eigenvalue weighted by molar-refractivity contribution is -0.137. The number of halogens is 4. The first kappa shape index (κ1) is 26.2. The van der Waals surface area contributed by atoms with E-state index in [2.05, 4.69) is 24.8 Å². The first-order chi connectivity index (χ1) is 15.9. The fourth-order valence-electron chi connectivity index (χ4n) is 4.09. The van der Waals surface area contributed by atoms with Gasteiger partial charge in [-0.15, -0.1) is 17.0 Å². The average Bonchev–Trinajstić information content (AvgIpc) is 2.85. The molecule has 0 bridgehead atoms. The summed E-state index contributed by atoms with van der Waals surface area (Å²) in [6.45, 7) is 5.75. The molecule has 1 atom stereocenters. The number of aliphatic imine (C=N–C) groups is 1. The normalized spacial score (nSPS) is 19.0. The molecule has 1 aromatic carbocycles. The van der Waals surface area contributed by atoms with Crippen LogP contribution in [0.3, 0.4) is 0 Å². The average molecular weight is 544 g/mol. The molecule has 0 aliphatic carbocycles. The Hall–Kier alpha value is -2.44. The molecule has 2 fully saturated rings. The third-order valence-corrected chi connectivity index (χ3v) is 5.97. The van der Waals surface area contributed by atoms with Gasteiger partial charge >= 0.3 is 6.18 Å². The molecule has 1 unspecified atom stereocenters. The zero-order valence-corrected chi connectivity index (χ0v) is 20.4. The van der Waals surface area contributed by atoms with Gasteiger partial charge in [0.05, 0.1) is 31.4 Å². The van der Waals surface area contributed by atoms with Gasteiger partial charge in [0.2, 0.25) is 5.95 Å². The largest absolute Gasteiger partial charge is 0.416 e. The molecule has 34 heavy (non-hydrogen) atoms. The maximum Gasteiger partial charge on any atom is 0.416 e. The maximum absolute atomic E-state index is 13.0. The number of hydrogen-bond donors (Lipinski definition) is 1. The molecule has 0 amide bonds. The van der Waals surface area contributed by atoms with Crippen LogP contribution in [-0.4, -0.2) is 84.8 Å². The van der Waals surface area contributed by atoms with Crippen LogP contribution in [-0.2, 0) is 10.9 Å². The number of hydrogen-bond acceptors (Lipinski definition) is 6. The Labute approximate surface area is 207 Å². The van der Waals surface area contributed by atoms with Crippen LogP contribution >= 0.6 is 17.0 Å². The Morgan fingerprint density at radius 1 is 1.00 bits per heavy atom. The zero-order valence-electron chi connectivity index (χ0n) is 18.7. The van der Waals surface area contributed by atoms with Crippen molar-refractivity contribution in [3.8, 4) is 0 Å². The standard InChI is InChI=1S/C22H28F3N7O.BrH/c23-22(24,25)18-4-2-17(3-5-18)19(30-12-14-33-15-13-30)16-29-20(26)31-8-10-32(11-9-31)21-27-6-1-7-28-21;/h1-7,19H,8-16H2,(H2,26,29);1H. The Kier molecular flexibility index (Phi) is 9.09. The monoisotopic (exact) mass is 543 g/mol. The van der Waals surface area contributed by atoms with Crippen molar-refractivity contribution in [2.75, 3.05) is 63.9 Å². The van der Waals surface area contributed by atoms with E-state index < -0.39 is 11.7 Å². The second kappa shape index (κ2) is 11.8. The van der Waals surface area contributed by atoms with E-state index in [-0.39, 0.29) is 23.0 Å². The highest BCUT2D eigenvalue weighted by molar-refractivity contribution is 8.93. The highest BCUT2D eigenvalue weighted by Gasteiger charge is 2.31. The van der Waals surface area contributed by atoms with E-state index >= 15 is 0 Å². The molecule has 2 aromatic rings. The Balaban J connectivity index is 0.00000324. The van der Waals surface area contributed by atoms with Gasteiger partial charge in [0.25, 0.3) is 0 Å². The number of benzene rings is 1. The number of nitrogens with two attached hydrogens (primary N) is 1. The summed E-state index contributed by atoms with van der Waals surface area (Å²) >= 11 is 0. The molecule has 2 N–H and O–H groups in total. The van der Waals surface area contributed by atoms with E-state index in [0.717, 1.165) is 30.8 Å². The van der Waals surface area contributed by atoms with Gasteiger partial charge in [-0.1, -0.05) is 12.1 Å². The maximum atomic E-state index is 13.0. The quantitative estimate of drug-likeness (QED) is 0.458. The minimum atomic E-state index is -4.36. The molecule has 3 heterocycles. The number of ether oxygens (including phenoxy) is 1. The van der Waals surface area contributed by atoms with E-state index in [1.165, 1.54) is 12.1 Å². The highest BCUT2D eigenvalue weighted by Crippen LogP contribution is 2.31. The molecule has 2 aliphatic rings. The number of morpholine rings is 1. The van der Waals surface area contributed by atoms with Crippen LogP contribution in [0.25, 0.3) is 0 Å². The molecule has 186 valence electrons. The minimum absolute atomic E-state index is 0. The number of piperazine rings is 1. The van der Waals surface area contributed by atoms with E-state index in [9.17, 15) is 13.2 Å². The fourth-order valence-corrected chi connectivity index (χ4v) is 4.09. The molecule has 2 saturated heterocycles. The van der Waals surface area contributed by atoms with Gasteiger partial charge in [-0.25, -0.2) is 9.97 Å².